The highest BCUT2D eigenvalue weighted by Gasteiger charge is 2.47. The molecule has 1 unspecified atom stereocenters. The quantitative estimate of drug-likeness (QED) is 0.864. The summed E-state index contributed by atoms with van der Waals surface area (Å²) in [6.07, 6.45) is 0.723. The molecule has 2 N–H and O–H groups in total. The number of carbonyl (C=O) groups excluding carboxylic acids is 3. The zero-order valence-electron chi connectivity index (χ0n) is 12.3. The van der Waals surface area contributed by atoms with E-state index in [4.69, 9.17) is 10.5 Å². The van der Waals surface area contributed by atoms with Crippen molar-refractivity contribution in [1.82, 2.24) is 4.90 Å². The molecular weight excluding hydrogens is 284 g/mol. The van der Waals surface area contributed by atoms with Gasteiger partial charge in [0.25, 0.3) is 11.8 Å². The molecule has 1 aliphatic heterocycles. The maximum Gasteiger partial charge on any atom is 0.404 e. The van der Waals surface area contributed by atoms with Crippen LogP contribution in [0.15, 0.2) is 24.3 Å². The van der Waals surface area contributed by atoms with Gasteiger partial charge >= 0.3 is 6.09 Å². The number of amides is 3. The van der Waals surface area contributed by atoms with Crippen LogP contribution >= 0.6 is 0 Å². The normalized spacial score (nSPS) is 27.1. The highest BCUT2D eigenvalue weighted by Crippen LogP contribution is 2.38. The average Bonchev–Trinajstić information content (AvgIpc) is 2.99. The number of rotatable bonds is 3. The van der Waals surface area contributed by atoms with Gasteiger partial charge in [-0.1, -0.05) is 25.5 Å². The molecule has 0 spiro atoms. The maximum atomic E-state index is 12.6. The second-order valence-corrected chi connectivity index (χ2v) is 5.79. The lowest BCUT2D eigenvalue weighted by Gasteiger charge is -2.26. The van der Waals surface area contributed by atoms with Crippen LogP contribution in [0.1, 0.15) is 46.9 Å². The van der Waals surface area contributed by atoms with E-state index in [1.165, 1.54) is 4.90 Å². The Morgan fingerprint density at radius 3 is 2.32 bits per heavy atom. The number of carbonyl (C=O) groups is 3. The molecule has 1 heterocycles. The third-order valence-corrected chi connectivity index (χ3v) is 4.58. The molecule has 1 fully saturated rings. The summed E-state index contributed by atoms with van der Waals surface area (Å²) in [6, 6.07) is 6.59. The molecule has 3 rings (SSSR count). The van der Waals surface area contributed by atoms with Gasteiger partial charge in [-0.25, -0.2) is 4.79 Å². The van der Waals surface area contributed by atoms with E-state index in [9.17, 15) is 14.4 Å². The molecule has 1 aromatic rings. The van der Waals surface area contributed by atoms with E-state index in [-0.39, 0.29) is 29.9 Å². The van der Waals surface area contributed by atoms with Crippen molar-refractivity contribution in [2.45, 2.75) is 38.3 Å². The molecule has 6 heteroatoms. The third-order valence-electron chi connectivity index (χ3n) is 4.58. The summed E-state index contributed by atoms with van der Waals surface area (Å²) in [5.74, 6) is -0.404. The molecule has 116 valence electrons. The van der Waals surface area contributed by atoms with Gasteiger partial charge in [-0.15, -0.1) is 0 Å². The predicted octanol–water partition coefficient (Wildman–Crippen LogP) is 1.94. The van der Waals surface area contributed by atoms with Crippen molar-refractivity contribution in [1.29, 1.82) is 0 Å². The smallest absolute Gasteiger partial charge is 0.404 e. The zero-order chi connectivity index (χ0) is 15.9. The van der Waals surface area contributed by atoms with Gasteiger partial charge in [0.05, 0.1) is 11.1 Å². The van der Waals surface area contributed by atoms with E-state index in [0.29, 0.717) is 24.0 Å². The SMILES string of the molecule is CC[C@@H]1CC(OC(N)=O)C[C@@H]1N1C(=O)c2ccccc2C1=O. The summed E-state index contributed by atoms with van der Waals surface area (Å²) in [5.41, 5.74) is 5.96. The van der Waals surface area contributed by atoms with Gasteiger partial charge < -0.3 is 10.5 Å². The highest BCUT2D eigenvalue weighted by atomic mass is 16.6. The van der Waals surface area contributed by atoms with Crippen LogP contribution in [0, 0.1) is 5.92 Å². The van der Waals surface area contributed by atoms with Gasteiger partial charge in [-0.3, -0.25) is 14.5 Å². The van der Waals surface area contributed by atoms with Crippen LogP contribution < -0.4 is 5.73 Å². The Morgan fingerprint density at radius 1 is 1.23 bits per heavy atom. The minimum atomic E-state index is -0.817. The summed E-state index contributed by atoms with van der Waals surface area (Å²) in [5, 5.41) is 0. The van der Waals surface area contributed by atoms with Crippen LogP contribution in [0.4, 0.5) is 4.79 Å². The number of benzene rings is 1. The minimum Gasteiger partial charge on any atom is -0.446 e. The number of primary amides is 1. The van der Waals surface area contributed by atoms with Gasteiger partial charge in [-0.2, -0.15) is 0 Å². The first-order chi connectivity index (χ1) is 10.5. The Hall–Kier alpha value is -2.37. The van der Waals surface area contributed by atoms with E-state index in [2.05, 4.69) is 0 Å². The van der Waals surface area contributed by atoms with Crippen LogP contribution in [0.5, 0.6) is 0 Å². The molecule has 6 nitrogen and oxygen atoms in total. The van der Waals surface area contributed by atoms with Crippen molar-refractivity contribution in [3.8, 4) is 0 Å². The van der Waals surface area contributed by atoms with Gasteiger partial charge in [0.1, 0.15) is 6.10 Å². The second-order valence-electron chi connectivity index (χ2n) is 5.79. The Morgan fingerprint density at radius 2 is 1.82 bits per heavy atom. The highest BCUT2D eigenvalue weighted by molar-refractivity contribution is 6.21. The monoisotopic (exact) mass is 302 g/mol. The van der Waals surface area contributed by atoms with Crippen molar-refractivity contribution in [2.24, 2.45) is 11.7 Å². The molecule has 3 atom stereocenters. The van der Waals surface area contributed by atoms with Crippen LogP contribution in [-0.2, 0) is 4.74 Å². The lowest BCUT2D eigenvalue weighted by molar-refractivity contribution is 0.0537. The summed E-state index contributed by atoms with van der Waals surface area (Å²) < 4.78 is 5.07. The van der Waals surface area contributed by atoms with E-state index >= 15 is 0 Å². The first-order valence-electron chi connectivity index (χ1n) is 7.46. The van der Waals surface area contributed by atoms with Crippen LogP contribution in [0.25, 0.3) is 0 Å². The fraction of sp³-hybridized carbons (Fsp3) is 0.438. The number of nitrogens with zero attached hydrogens (tertiary/aromatic N) is 1. The van der Waals surface area contributed by atoms with Crippen molar-refractivity contribution >= 4 is 17.9 Å². The third kappa shape index (κ3) is 2.24. The van der Waals surface area contributed by atoms with Crippen LogP contribution in [0.3, 0.4) is 0 Å². The Labute approximate surface area is 128 Å². The van der Waals surface area contributed by atoms with E-state index < -0.39 is 6.09 Å². The number of ether oxygens (including phenoxy) is 1. The Bertz CT molecular complexity index is 608. The zero-order valence-corrected chi connectivity index (χ0v) is 12.3. The number of hydrogen-bond acceptors (Lipinski definition) is 4. The van der Waals surface area contributed by atoms with Crippen molar-refractivity contribution in [2.75, 3.05) is 0 Å². The van der Waals surface area contributed by atoms with Crippen molar-refractivity contribution < 1.29 is 19.1 Å². The van der Waals surface area contributed by atoms with E-state index in [0.717, 1.165) is 6.42 Å². The number of nitrogens with two attached hydrogens (primary N) is 1. The Balaban J connectivity index is 1.86. The van der Waals surface area contributed by atoms with E-state index in [1.807, 2.05) is 6.92 Å². The molecule has 1 saturated carbocycles. The topological polar surface area (TPSA) is 89.7 Å². The lowest BCUT2D eigenvalue weighted by atomic mass is 9.99. The largest absolute Gasteiger partial charge is 0.446 e. The summed E-state index contributed by atoms with van der Waals surface area (Å²) in [7, 11) is 0. The molecule has 1 aromatic carbocycles. The Kier molecular flexibility index (Phi) is 3.60. The van der Waals surface area contributed by atoms with Gasteiger partial charge in [-0.05, 0) is 24.5 Å². The first kappa shape index (κ1) is 14.6. The molecule has 0 radical (unpaired) electrons. The van der Waals surface area contributed by atoms with Crippen LogP contribution in [-0.4, -0.2) is 35.0 Å². The molecular formula is C16H18N2O4. The maximum absolute atomic E-state index is 12.6. The predicted molar refractivity (Wildman–Crippen MR) is 78.2 cm³/mol. The second kappa shape index (κ2) is 5.44. The fourth-order valence-electron chi connectivity index (χ4n) is 3.58. The molecule has 3 amide bonds. The summed E-state index contributed by atoms with van der Waals surface area (Å²) in [4.78, 5) is 37.4. The molecule has 1 aliphatic carbocycles. The lowest BCUT2D eigenvalue weighted by Crippen LogP contribution is -2.42. The fourth-order valence-corrected chi connectivity index (χ4v) is 3.58. The molecule has 0 aromatic heterocycles. The van der Waals surface area contributed by atoms with Crippen molar-refractivity contribution in [3.63, 3.8) is 0 Å². The van der Waals surface area contributed by atoms with Crippen molar-refractivity contribution in [3.05, 3.63) is 35.4 Å². The summed E-state index contributed by atoms with van der Waals surface area (Å²) in [6.45, 7) is 2.00. The average molecular weight is 302 g/mol. The molecule has 0 saturated heterocycles. The molecule has 2 aliphatic rings. The van der Waals surface area contributed by atoms with E-state index in [1.54, 1.807) is 24.3 Å². The van der Waals surface area contributed by atoms with Gasteiger partial charge in [0, 0.05) is 12.5 Å². The summed E-state index contributed by atoms with van der Waals surface area (Å²) >= 11 is 0. The first-order valence-corrected chi connectivity index (χ1v) is 7.46. The van der Waals surface area contributed by atoms with Crippen LogP contribution in [0.2, 0.25) is 0 Å². The number of imide groups is 1. The molecule has 22 heavy (non-hydrogen) atoms. The minimum absolute atomic E-state index is 0.117. The van der Waals surface area contributed by atoms with Gasteiger partial charge in [0.2, 0.25) is 0 Å². The standard InChI is InChI=1S/C16H18N2O4/c1-2-9-7-10(22-16(17)21)8-13(9)18-14(19)11-5-3-4-6-12(11)15(18)20/h3-6,9-10,13H,2,7-8H2,1H3,(H2,17,21)/t9-,10?,13+/m1/s1. The molecule has 0 bridgehead atoms. The number of fused-ring (bicyclic) bond motifs is 1. The van der Waals surface area contributed by atoms with Gasteiger partial charge in [0.15, 0.2) is 0 Å². The number of hydrogen-bond donors (Lipinski definition) is 1.